The van der Waals surface area contributed by atoms with Crippen molar-refractivity contribution in [3.05, 3.63) is 42.1 Å². The second-order valence-electron chi connectivity index (χ2n) is 7.76. The van der Waals surface area contributed by atoms with Gasteiger partial charge in [0.15, 0.2) is 5.82 Å². The van der Waals surface area contributed by atoms with Crippen LogP contribution < -0.4 is 10.2 Å². The maximum atomic E-state index is 13.2. The molecule has 1 fully saturated rings. The smallest absolute Gasteiger partial charge is 0.331 e. The zero-order valence-corrected chi connectivity index (χ0v) is 16.3. The number of aliphatic imine (C=N–C) groups is 1. The number of urea groups is 1. The van der Waals surface area contributed by atoms with Gasteiger partial charge < -0.3 is 5.32 Å². The van der Waals surface area contributed by atoms with Gasteiger partial charge in [0.2, 0.25) is 5.91 Å². The van der Waals surface area contributed by atoms with E-state index in [4.69, 9.17) is 0 Å². The summed E-state index contributed by atoms with van der Waals surface area (Å²) in [5.74, 6) is 1.13. The molecule has 2 aromatic rings. The van der Waals surface area contributed by atoms with Crippen LogP contribution in [0.4, 0.5) is 10.6 Å². The van der Waals surface area contributed by atoms with Crippen LogP contribution >= 0.6 is 0 Å². The number of hydrogen-bond acceptors (Lipinski definition) is 4. The molecule has 1 aromatic heterocycles. The summed E-state index contributed by atoms with van der Waals surface area (Å²) < 4.78 is 1.72. The zero-order chi connectivity index (χ0) is 19.8. The van der Waals surface area contributed by atoms with Crippen LogP contribution in [-0.2, 0) is 4.79 Å². The van der Waals surface area contributed by atoms with E-state index in [9.17, 15) is 9.59 Å². The molecule has 150 valence electrons. The molecule has 3 amide bonds. The summed E-state index contributed by atoms with van der Waals surface area (Å²) in [4.78, 5) is 33.7. The minimum absolute atomic E-state index is 0.0232. The van der Waals surface area contributed by atoms with Gasteiger partial charge >= 0.3 is 6.03 Å². The Labute approximate surface area is 169 Å². The van der Waals surface area contributed by atoms with E-state index in [-0.39, 0.29) is 24.5 Å². The number of hydrogen-bond donors (Lipinski definition) is 1. The molecule has 5 rings (SSSR count). The van der Waals surface area contributed by atoms with E-state index in [1.807, 2.05) is 30.3 Å². The lowest BCUT2D eigenvalue weighted by molar-refractivity contribution is -0.120. The number of benzene rings is 1. The van der Waals surface area contributed by atoms with E-state index in [0.717, 1.165) is 36.9 Å². The lowest BCUT2D eigenvalue weighted by Crippen LogP contribution is -2.54. The number of anilines is 1. The van der Waals surface area contributed by atoms with Gasteiger partial charge in [-0.15, -0.1) is 0 Å². The Morgan fingerprint density at radius 3 is 2.72 bits per heavy atom. The van der Waals surface area contributed by atoms with E-state index < -0.39 is 0 Å². The van der Waals surface area contributed by atoms with Gasteiger partial charge in [-0.3, -0.25) is 19.6 Å². The van der Waals surface area contributed by atoms with Crippen LogP contribution in [0, 0.1) is 0 Å². The van der Waals surface area contributed by atoms with E-state index in [0.29, 0.717) is 24.7 Å². The Hall–Kier alpha value is -3.16. The maximum Gasteiger partial charge on any atom is 0.331 e. The molecule has 1 N–H and O–H groups in total. The van der Waals surface area contributed by atoms with Crippen molar-refractivity contribution in [3.8, 4) is 5.69 Å². The van der Waals surface area contributed by atoms with Crippen molar-refractivity contribution in [3.63, 3.8) is 0 Å². The zero-order valence-electron chi connectivity index (χ0n) is 16.3. The van der Waals surface area contributed by atoms with Gasteiger partial charge in [-0.25, -0.2) is 9.48 Å². The van der Waals surface area contributed by atoms with Crippen LogP contribution in [-0.4, -0.2) is 58.1 Å². The largest absolute Gasteiger partial charge is 0.352 e. The van der Waals surface area contributed by atoms with Gasteiger partial charge in [0.05, 0.1) is 24.0 Å². The molecule has 3 heterocycles. The van der Waals surface area contributed by atoms with Crippen molar-refractivity contribution >= 4 is 23.6 Å². The number of carbonyl (C=O) groups excluding carboxylic acids is 2. The Morgan fingerprint density at radius 2 is 1.93 bits per heavy atom. The predicted molar refractivity (Wildman–Crippen MR) is 109 cm³/mol. The predicted octanol–water partition coefficient (Wildman–Crippen LogP) is 2.32. The van der Waals surface area contributed by atoms with Crippen LogP contribution in [0.5, 0.6) is 0 Å². The van der Waals surface area contributed by atoms with Crippen LogP contribution in [0.2, 0.25) is 0 Å². The third-order valence-corrected chi connectivity index (χ3v) is 5.82. The molecule has 3 aliphatic rings. The summed E-state index contributed by atoms with van der Waals surface area (Å²) in [6, 6.07) is 9.63. The van der Waals surface area contributed by atoms with Crippen LogP contribution in [0.25, 0.3) is 5.69 Å². The minimum Gasteiger partial charge on any atom is -0.352 e. The van der Waals surface area contributed by atoms with Crippen molar-refractivity contribution in [2.24, 2.45) is 4.99 Å². The number of para-hydroxylation sites is 1. The molecule has 0 spiro atoms. The van der Waals surface area contributed by atoms with Crippen molar-refractivity contribution in [1.82, 2.24) is 20.0 Å². The molecule has 1 aliphatic carbocycles. The average Bonchev–Trinajstić information content (AvgIpc) is 3.40. The first-order chi connectivity index (χ1) is 14.2. The van der Waals surface area contributed by atoms with Gasteiger partial charge in [-0.2, -0.15) is 5.10 Å². The second-order valence-corrected chi connectivity index (χ2v) is 7.76. The Bertz CT molecular complexity index is 961. The number of fused-ring (bicyclic) bond motifs is 3. The van der Waals surface area contributed by atoms with Gasteiger partial charge in [-0.1, -0.05) is 37.5 Å². The summed E-state index contributed by atoms with van der Waals surface area (Å²) in [6.45, 7) is 1.08. The van der Waals surface area contributed by atoms with Crippen LogP contribution in [0.15, 0.2) is 41.5 Å². The Kier molecular flexibility index (Phi) is 4.54. The number of amides is 3. The topological polar surface area (TPSA) is 82.8 Å². The first kappa shape index (κ1) is 17.9. The Morgan fingerprint density at radius 1 is 1.14 bits per heavy atom. The van der Waals surface area contributed by atoms with Gasteiger partial charge in [-0.05, 0) is 25.0 Å². The van der Waals surface area contributed by atoms with Crippen molar-refractivity contribution in [1.29, 1.82) is 0 Å². The third kappa shape index (κ3) is 3.18. The third-order valence-electron chi connectivity index (χ3n) is 5.82. The molecule has 1 saturated carbocycles. The number of nitrogens with zero attached hydrogens (tertiary/aromatic N) is 5. The number of rotatable bonds is 4. The number of aromatic nitrogens is 2. The molecule has 0 radical (unpaired) electrons. The molecule has 29 heavy (non-hydrogen) atoms. The number of amidine groups is 1. The molecule has 0 saturated heterocycles. The van der Waals surface area contributed by atoms with Gasteiger partial charge in [0.25, 0.3) is 0 Å². The maximum absolute atomic E-state index is 13.2. The van der Waals surface area contributed by atoms with Crippen molar-refractivity contribution in [2.45, 2.75) is 38.1 Å². The summed E-state index contributed by atoms with van der Waals surface area (Å²) in [6.07, 6.45) is 7.27. The molecule has 1 aromatic carbocycles. The summed E-state index contributed by atoms with van der Waals surface area (Å²) >= 11 is 0. The molecule has 8 nitrogen and oxygen atoms in total. The molecule has 0 atom stereocenters. The fourth-order valence-corrected chi connectivity index (χ4v) is 4.42. The highest BCUT2D eigenvalue weighted by Gasteiger charge is 2.41. The van der Waals surface area contributed by atoms with E-state index in [2.05, 4.69) is 15.4 Å². The monoisotopic (exact) mass is 392 g/mol. The lowest BCUT2D eigenvalue weighted by atomic mass is 9.95. The average molecular weight is 392 g/mol. The summed E-state index contributed by atoms with van der Waals surface area (Å²) in [5, 5.41) is 7.64. The molecule has 0 unspecified atom stereocenters. The highest BCUT2D eigenvalue weighted by Crippen LogP contribution is 2.32. The second kappa shape index (κ2) is 7.35. The van der Waals surface area contributed by atoms with Crippen molar-refractivity contribution in [2.75, 3.05) is 24.5 Å². The van der Waals surface area contributed by atoms with Gasteiger partial charge in [0, 0.05) is 12.6 Å². The van der Waals surface area contributed by atoms with Crippen molar-refractivity contribution < 1.29 is 9.59 Å². The molecule has 0 bridgehead atoms. The van der Waals surface area contributed by atoms with E-state index >= 15 is 0 Å². The molecular weight excluding hydrogens is 368 g/mol. The summed E-state index contributed by atoms with van der Waals surface area (Å²) in [7, 11) is 0. The first-order valence-corrected chi connectivity index (χ1v) is 10.3. The fourth-order valence-electron chi connectivity index (χ4n) is 4.42. The minimum atomic E-state index is -0.217. The first-order valence-electron chi connectivity index (χ1n) is 10.3. The highest BCUT2D eigenvalue weighted by atomic mass is 16.2. The number of carbonyl (C=O) groups is 2. The van der Waals surface area contributed by atoms with E-state index in [1.54, 1.807) is 15.8 Å². The lowest BCUT2D eigenvalue weighted by Gasteiger charge is -2.34. The fraction of sp³-hybridized carbons (Fsp3) is 0.429. The van der Waals surface area contributed by atoms with Gasteiger partial charge in [0.1, 0.15) is 12.4 Å². The number of nitrogens with one attached hydrogen (secondary N) is 1. The quantitative estimate of drug-likeness (QED) is 0.867. The van der Waals surface area contributed by atoms with Crippen LogP contribution in [0.3, 0.4) is 0 Å². The highest BCUT2D eigenvalue weighted by molar-refractivity contribution is 6.20. The Balaban J connectivity index is 1.48. The van der Waals surface area contributed by atoms with E-state index in [1.165, 1.54) is 11.3 Å². The molecular formula is C21H24N6O2. The standard InChI is InChI=1S/C21H24N6O2/c28-18(24-15-7-3-1-4-8-15)14-26-20-17(19-22-11-12-25(19)21(26)29)13-23-27(20)16-9-5-2-6-10-16/h2,5-6,9-10,13,15H,1,3-4,7-8,11-12,14H2,(H,24,28). The summed E-state index contributed by atoms with van der Waals surface area (Å²) in [5.41, 5.74) is 1.63. The normalized spacial score (nSPS) is 19.0. The SMILES string of the molecule is O=C(CN1C(=O)N2CCN=C2c2cnn(-c3ccccc3)c21)NC1CCCCC1. The van der Waals surface area contributed by atoms with Crippen LogP contribution in [0.1, 0.15) is 37.7 Å². The molecule has 8 heteroatoms. The molecule has 2 aliphatic heterocycles.